The van der Waals surface area contributed by atoms with Gasteiger partial charge in [-0.1, -0.05) is 32.0 Å². The molecule has 1 amide bonds. The molecule has 0 aliphatic carbocycles. The van der Waals surface area contributed by atoms with Crippen molar-refractivity contribution in [1.29, 1.82) is 0 Å². The Labute approximate surface area is 127 Å². The Morgan fingerprint density at radius 2 is 2.10 bits per heavy atom. The number of nitrogens with two attached hydrogens (primary N) is 1. The first kappa shape index (κ1) is 15.8. The van der Waals surface area contributed by atoms with E-state index in [2.05, 4.69) is 36.2 Å². The highest BCUT2D eigenvalue weighted by atomic mass is 16.2. The first-order valence-corrected chi connectivity index (χ1v) is 8.04. The molecule has 3 N–H and O–H groups in total. The Morgan fingerprint density at radius 3 is 2.81 bits per heavy atom. The van der Waals surface area contributed by atoms with E-state index >= 15 is 0 Å². The van der Waals surface area contributed by atoms with Gasteiger partial charge in [-0.15, -0.1) is 0 Å². The number of hydrogen-bond donors (Lipinski definition) is 2. The van der Waals surface area contributed by atoms with Crippen LogP contribution in [0.25, 0.3) is 0 Å². The summed E-state index contributed by atoms with van der Waals surface area (Å²) in [5.74, 6) is 0.106. The van der Waals surface area contributed by atoms with Crippen molar-refractivity contribution in [1.82, 2.24) is 5.32 Å². The van der Waals surface area contributed by atoms with Crippen LogP contribution in [-0.4, -0.2) is 25.0 Å². The highest BCUT2D eigenvalue weighted by Crippen LogP contribution is 2.30. The van der Waals surface area contributed by atoms with Crippen LogP contribution >= 0.6 is 0 Å². The molecular weight excluding hydrogens is 262 g/mol. The lowest BCUT2D eigenvalue weighted by Crippen LogP contribution is -2.42. The van der Waals surface area contributed by atoms with Gasteiger partial charge in [0.2, 0.25) is 5.91 Å². The lowest BCUT2D eigenvalue weighted by Gasteiger charge is -2.26. The molecule has 1 aliphatic heterocycles. The van der Waals surface area contributed by atoms with Gasteiger partial charge in [-0.3, -0.25) is 4.79 Å². The van der Waals surface area contributed by atoms with Crippen LogP contribution in [0.15, 0.2) is 24.3 Å². The molecule has 1 aromatic carbocycles. The smallest absolute Gasteiger partial charge is 0.239 e. The topological polar surface area (TPSA) is 58.4 Å². The number of rotatable bonds is 5. The molecule has 4 nitrogen and oxygen atoms in total. The standard InChI is InChI=1S/C17H27N3O/c1-3-13(4-2)19-17(21)12-20-11-7-9-15(18)14-8-5-6-10-16(14)20/h5-6,8,10,13,15H,3-4,7,9,11-12,18H2,1-2H3,(H,19,21). The van der Waals surface area contributed by atoms with E-state index in [1.54, 1.807) is 0 Å². The molecule has 1 aliphatic rings. The van der Waals surface area contributed by atoms with Gasteiger partial charge < -0.3 is 16.0 Å². The molecule has 0 spiro atoms. The van der Waals surface area contributed by atoms with Gasteiger partial charge >= 0.3 is 0 Å². The molecule has 21 heavy (non-hydrogen) atoms. The highest BCUT2D eigenvalue weighted by molar-refractivity contribution is 5.82. The summed E-state index contributed by atoms with van der Waals surface area (Å²) in [6, 6.07) is 8.55. The van der Waals surface area contributed by atoms with Crippen LogP contribution in [0.1, 0.15) is 51.1 Å². The van der Waals surface area contributed by atoms with E-state index in [1.807, 2.05) is 12.1 Å². The summed E-state index contributed by atoms with van der Waals surface area (Å²) in [4.78, 5) is 14.4. The molecule has 0 saturated carbocycles. The van der Waals surface area contributed by atoms with Crippen LogP contribution < -0.4 is 16.0 Å². The lowest BCUT2D eigenvalue weighted by atomic mass is 10.0. The first-order chi connectivity index (χ1) is 10.2. The maximum atomic E-state index is 12.3. The zero-order valence-electron chi connectivity index (χ0n) is 13.1. The largest absolute Gasteiger partial charge is 0.362 e. The van der Waals surface area contributed by atoms with Crippen molar-refractivity contribution in [2.24, 2.45) is 5.73 Å². The number of nitrogens with one attached hydrogen (secondary N) is 1. The fraction of sp³-hybridized carbons (Fsp3) is 0.588. The third-order valence-corrected chi connectivity index (χ3v) is 4.31. The molecular formula is C17H27N3O. The summed E-state index contributed by atoms with van der Waals surface area (Å²) in [5.41, 5.74) is 8.51. The van der Waals surface area contributed by atoms with Gasteiger partial charge in [-0.25, -0.2) is 0 Å². The maximum Gasteiger partial charge on any atom is 0.239 e. The predicted molar refractivity (Wildman–Crippen MR) is 87.3 cm³/mol. The number of carbonyl (C=O) groups excluding carboxylic acids is 1. The summed E-state index contributed by atoms with van der Waals surface area (Å²) in [6.07, 6.45) is 3.95. The summed E-state index contributed by atoms with van der Waals surface area (Å²) >= 11 is 0. The number of amides is 1. The van der Waals surface area contributed by atoms with E-state index < -0.39 is 0 Å². The molecule has 0 saturated heterocycles. The second-order valence-electron chi connectivity index (χ2n) is 5.81. The van der Waals surface area contributed by atoms with Gasteiger partial charge in [0.05, 0.1) is 6.54 Å². The molecule has 2 rings (SSSR count). The van der Waals surface area contributed by atoms with Gasteiger partial charge in [0.1, 0.15) is 0 Å². The van der Waals surface area contributed by atoms with Crippen molar-refractivity contribution in [3.8, 4) is 0 Å². The zero-order valence-corrected chi connectivity index (χ0v) is 13.1. The second kappa shape index (κ2) is 7.46. The monoisotopic (exact) mass is 289 g/mol. The number of fused-ring (bicyclic) bond motifs is 1. The van der Waals surface area contributed by atoms with Gasteiger partial charge in [-0.2, -0.15) is 0 Å². The second-order valence-corrected chi connectivity index (χ2v) is 5.81. The molecule has 4 heteroatoms. The van der Waals surface area contributed by atoms with Gasteiger partial charge in [-0.05, 0) is 37.3 Å². The summed E-state index contributed by atoms with van der Waals surface area (Å²) in [7, 11) is 0. The van der Waals surface area contributed by atoms with Crippen LogP contribution in [0, 0.1) is 0 Å². The van der Waals surface area contributed by atoms with Crippen molar-refractivity contribution in [2.75, 3.05) is 18.0 Å². The number of nitrogens with zero attached hydrogens (tertiary/aromatic N) is 1. The van der Waals surface area contributed by atoms with Crippen molar-refractivity contribution in [3.05, 3.63) is 29.8 Å². The average Bonchev–Trinajstić information content (AvgIpc) is 2.65. The number of hydrogen-bond acceptors (Lipinski definition) is 3. The molecule has 1 atom stereocenters. The number of para-hydroxylation sites is 1. The average molecular weight is 289 g/mol. The molecule has 1 unspecified atom stereocenters. The number of anilines is 1. The third kappa shape index (κ3) is 3.97. The summed E-state index contributed by atoms with van der Waals surface area (Å²) in [5, 5.41) is 3.11. The van der Waals surface area contributed by atoms with Crippen molar-refractivity contribution < 1.29 is 4.79 Å². The Hall–Kier alpha value is -1.55. The quantitative estimate of drug-likeness (QED) is 0.876. The van der Waals surface area contributed by atoms with E-state index in [-0.39, 0.29) is 18.0 Å². The summed E-state index contributed by atoms with van der Waals surface area (Å²) in [6.45, 7) is 5.52. The Balaban J connectivity index is 2.09. The fourth-order valence-electron chi connectivity index (χ4n) is 2.97. The molecule has 116 valence electrons. The van der Waals surface area contributed by atoms with Crippen molar-refractivity contribution in [3.63, 3.8) is 0 Å². The predicted octanol–water partition coefficient (Wildman–Crippen LogP) is 2.59. The van der Waals surface area contributed by atoms with Gasteiger partial charge in [0.25, 0.3) is 0 Å². The van der Waals surface area contributed by atoms with E-state index in [1.165, 1.54) is 0 Å². The van der Waals surface area contributed by atoms with E-state index in [4.69, 9.17) is 5.73 Å². The van der Waals surface area contributed by atoms with Crippen molar-refractivity contribution in [2.45, 2.75) is 51.6 Å². The Bertz CT molecular complexity index is 471. The zero-order chi connectivity index (χ0) is 15.2. The number of benzene rings is 1. The molecule has 0 bridgehead atoms. The molecule has 1 heterocycles. The Morgan fingerprint density at radius 1 is 1.38 bits per heavy atom. The Kier molecular flexibility index (Phi) is 5.62. The van der Waals surface area contributed by atoms with E-state index in [0.29, 0.717) is 6.54 Å². The molecule has 1 aromatic rings. The van der Waals surface area contributed by atoms with Crippen LogP contribution in [0.2, 0.25) is 0 Å². The normalized spacial score (nSPS) is 18.3. The SMILES string of the molecule is CCC(CC)NC(=O)CN1CCCC(N)c2ccccc21. The maximum absolute atomic E-state index is 12.3. The van der Waals surface area contributed by atoms with Crippen LogP contribution in [0.3, 0.4) is 0 Å². The summed E-state index contributed by atoms with van der Waals surface area (Å²) < 4.78 is 0. The molecule has 0 radical (unpaired) electrons. The molecule has 0 fully saturated rings. The van der Waals surface area contributed by atoms with Crippen LogP contribution in [0.5, 0.6) is 0 Å². The fourth-order valence-corrected chi connectivity index (χ4v) is 2.97. The van der Waals surface area contributed by atoms with E-state index in [0.717, 1.165) is 43.5 Å². The minimum absolute atomic E-state index is 0.0771. The minimum atomic E-state index is 0.0771. The van der Waals surface area contributed by atoms with Crippen LogP contribution in [0.4, 0.5) is 5.69 Å². The van der Waals surface area contributed by atoms with Gasteiger partial charge in [0, 0.05) is 24.3 Å². The van der Waals surface area contributed by atoms with Crippen molar-refractivity contribution >= 4 is 11.6 Å². The van der Waals surface area contributed by atoms with Gasteiger partial charge in [0.15, 0.2) is 0 Å². The van der Waals surface area contributed by atoms with E-state index in [9.17, 15) is 4.79 Å². The number of carbonyl (C=O) groups is 1. The lowest BCUT2D eigenvalue weighted by molar-refractivity contribution is -0.120. The highest BCUT2D eigenvalue weighted by Gasteiger charge is 2.22. The first-order valence-electron chi connectivity index (χ1n) is 8.04. The minimum Gasteiger partial charge on any atom is -0.362 e. The van der Waals surface area contributed by atoms with Crippen LogP contribution in [-0.2, 0) is 4.79 Å². The molecule has 0 aromatic heterocycles. The third-order valence-electron chi connectivity index (χ3n) is 4.31.